The van der Waals surface area contributed by atoms with E-state index in [1.165, 1.54) is 11.3 Å². The van der Waals surface area contributed by atoms with Crippen molar-refractivity contribution < 1.29 is 17.9 Å². The van der Waals surface area contributed by atoms with Crippen LogP contribution in [0.5, 0.6) is 0 Å². The van der Waals surface area contributed by atoms with E-state index in [1.54, 1.807) is 13.8 Å². The molecule has 1 saturated carbocycles. The lowest BCUT2D eigenvalue weighted by molar-refractivity contribution is 0.276. The fourth-order valence-electron chi connectivity index (χ4n) is 2.31. The van der Waals surface area contributed by atoms with Crippen molar-refractivity contribution in [2.75, 3.05) is 4.72 Å². The highest BCUT2D eigenvalue weighted by atomic mass is 32.2. The summed E-state index contributed by atoms with van der Waals surface area (Å²) in [6.07, 6.45) is 2.23. The molecule has 21 heavy (non-hydrogen) atoms. The molecule has 0 radical (unpaired) electrons. The van der Waals surface area contributed by atoms with Gasteiger partial charge >= 0.3 is 0 Å². The third-order valence-corrected chi connectivity index (χ3v) is 5.93. The van der Waals surface area contributed by atoms with Crippen LogP contribution in [-0.4, -0.2) is 18.5 Å². The summed E-state index contributed by atoms with van der Waals surface area (Å²) in [5, 5.41) is 11.6. The Morgan fingerprint density at radius 2 is 2.14 bits per heavy atom. The van der Waals surface area contributed by atoms with Crippen molar-refractivity contribution in [3.63, 3.8) is 0 Å². The zero-order valence-corrected chi connectivity index (χ0v) is 13.3. The van der Waals surface area contributed by atoms with Gasteiger partial charge in [-0.2, -0.15) is 0 Å². The summed E-state index contributed by atoms with van der Waals surface area (Å²) >= 11 is 1.27. The molecular weight excluding hydrogens is 312 g/mol. The number of sulfonamides is 1. The number of thiazole rings is 1. The molecule has 0 unspecified atom stereocenters. The standard InChI is InChI=1S/C13H16N2O4S2/c1-7-10(5-16)12(8(2)19-7)21(17,18)15-13-14-11(6-20-13)9-3-4-9/h6,9,16H,3-5H2,1-2H3,(H,14,15). The third kappa shape index (κ3) is 2.70. The number of anilines is 1. The first-order valence-electron chi connectivity index (χ1n) is 6.60. The second kappa shape index (κ2) is 5.11. The van der Waals surface area contributed by atoms with Crippen molar-refractivity contribution in [1.82, 2.24) is 4.98 Å². The molecule has 2 aromatic rings. The van der Waals surface area contributed by atoms with E-state index in [2.05, 4.69) is 9.71 Å². The Morgan fingerprint density at radius 1 is 1.43 bits per heavy atom. The minimum atomic E-state index is -3.81. The molecule has 0 spiro atoms. The summed E-state index contributed by atoms with van der Waals surface area (Å²) in [7, 11) is -3.81. The van der Waals surface area contributed by atoms with E-state index in [-0.39, 0.29) is 17.3 Å². The topological polar surface area (TPSA) is 92.4 Å². The Bertz CT molecular complexity index is 772. The minimum Gasteiger partial charge on any atom is -0.465 e. The van der Waals surface area contributed by atoms with Gasteiger partial charge in [0.2, 0.25) is 0 Å². The lowest BCUT2D eigenvalue weighted by Crippen LogP contribution is -2.15. The van der Waals surface area contributed by atoms with Gasteiger partial charge in [-0.25, -0.2) is 13.4 Å². The predicted octanol–water partition coefficient (Wildman–Crippen LogP) is 2.52. The van der Waals surface area contributed by atoms with Crippen LogP contribution in [-0.2, 0) is 16.6 Å². The van der Waals surface area contributed by atoms with Gasteiger partial charge in [0.15, 0.2) is 5.13 Å². The van der Waals surface area contributed by atoms with E-state index < -0.39 is 10.0 Å². The van der Waals surface area contributed by atoms with Crippen molar-refractivity contribution in [3.05, 3.63) is 28.2 Å². The van der Waals surface area contributed by atoms with E-state index in [4.69, 9.17) is 4.42 Å². The lowest BCUT2D eigenvalue weighted by Gasteiger charge is -2.05. The van der Waals surface area contributed by atoms with E-state index >= 15 is 0 Å². The molecular formula is C13H16N2O4S2. The number of furan rings is 1. The number of hydrogen-bond acceptors (Lipinski definition) is 6. The Kier molecular flexibility index (Phi) is 3.54. The molecule has 0 amide bonds. The molecule has 1 fully saturated rings. The number of nitrogens with one attached hydrogen (secondary N) is 1. The summed E-state index contributed by atoms with van der Waals surface area (Å²) in [4.78, 5) is 4.32. The highest BCUT2D eigenvalue weighted by molar-refractivity contribution is 7.93. The maximum Gasteiger partial charge on any atom is 0.267 e. The van der Waals surface area contributed by atoms with Gasteiger partial charge in [0.05, 0.1) is 12.3 Å². The average molecular weight is 328 g/mol. The van der Waals surface area contributed by atoms with Crippen molar-refractivity contribution in [2.45, 2.75) is 44.1 Å². The molecule has 0 bridgehead atoms. The number of aromatic nitrogens is 1. The Morgan fingerprint density at radius 3 is 2.76 bits per heavy atom. The first-order chi connectivity index (χ1) is 9.92. The van der Waals surface area contributed by atoms with Gasteiger partial charge in [0.1, 0.15) is 16.4 Å². The van der Waals surface area contributed by atoms with Gasteiger partial charge in [-0.3, -0.25) is 4.72 Å². The van der Waals surface area contributed by atoms with Crippen LogP contribution < -0.4 is 4.72 Å². The fourth-order valence-corrected chi connectivity index (χ4v) is 4.80. The van der Waals surface area contributed by atoms with Crippen LogP contribution in [0.2, 0.25) is 0 Å². The smallest absolute Gasteiger partial charge is 0.267 e. The van der Waals surface area contributed by atoms with Crippen molar-refractivity contribution in [1.29, 1.82) is 0 Å². The Balaban J connectivity index is 1.92. The number of rotatable bonds is 5. The van der Waals surface area contributed by atoms with Gasteiger partial charge in [-0.15, -0.1) is 11.3 Å². The SMILES string of the molecule is Cc1oc(C)c(S(=O)(=O)Nc2nc(C3CC3)cs2)c1CO. The largest absolute Gasteiger partial charge is 0.465 e. The van der Waals surface area contributed by atoms with Gasteiger partial charge < -0.3 is 9.52 Å². The van der Waals surface area contributed by atoms with Gasteiger partial charge in [0, 0.05) is 16.9 Å². The third-order valence-electron chi connectivity index (χ3n) is 3.49. The second-order valence-corrected chi connectivity index (χ2v) is 7.61. The highest BCUT2D eigenvalue weighted by Crippen LogP contribution is 2.41. The van der Waals surface area contributed by atoms with Crippen LogP contribution in [0, 0.1) is 13.8 Å². The maximum atomic E-state index is 12.5. The number of aliphatic hydroxyl groups is 1. The fraction of sp³-hybridized carbons (Fsp3) is 0.462. The van der Waals surface area contributed by atoms with Crippen LogP contribution in [0.1, 0.15) is 41.5 Å². The number of aryl methyl sites for hydroxylation is 2. The molecule has 8 heteroatoms. The molecule has 6 nitrogen and oxygen atoms in total. The van der Waals surface area contributed by atoms with Crippen LogP contribution in [0.15, 0.2) is 14.7 Å². The van der Waals surface area contributed by atoms with Crippen molar-refractivity contribution in [2.24, 2.45) is 0 Å². The zero-order valence-electron chi connectivity index (χ0n) is 11.7. The highest BCUT2D eigenvalue weighted by Gasteiger charge is 2.29. The van der Waals surface area contributed by atoms with E-state index in [0.717, 1.165) is 18.5 Å². The molecule has 0 aliphatic heterocycles. The molecule has 0 saturated heterocycles. The molecule has 2 heterocycles. The Hall–Kier alpha value is -1.38. The minimum absolute atomic E-state index is 0.00525. The summed E-state index contributed by atoms with van der Waals surface area (Å²) < 4.78 is 32.8. The normalized spacial score (nSPS) is 15.4. The monoisotopic (exact) mass is 328 g/mol. The van der Waals surface area contributed by atoms with Crippen LogP contribution in [0.25, 0.3) is 0 Å². The zero-order chi connectivity index (χ0) is 15.2. The molecule has 0 aromatic carbocycles. The summed E-state index contributed by atoms with van der Waals surface area (Å²) in [6.45, 7) is 2.81. The van der Waals surface area contributed by atoms with Gasteiger partial charge in [-0.1, -0.05) is 0 Å². The molecule has 2 N–H and O–H groups in total. The summed E-state index contributed by atoms with van der Waals surface area (Å²) in [5.41, 5.74) is 1.24. The molecule has 114 valence electrons. The van der Waals surface area contributed by atoms with Crippen molar-refractivity contribution >= 4 is 26.5 Å². The second-order valence-electron chi connectivity index (χ2n) is 5.14. The first-order valence-corrected chi connectivity index (χ1v) is 8.96. The lowest BCUT2D eigenvalue weighted by atomic mass is 10.2. The van der Waals surface area contributed by atoms with E-state index in [0.29, 0.717) is 22.4 Å². The van der Waals surface area contributed by atoms with E-state index in [1.807, 2.05) is 5.38 Å². The molecule has 3 rings (SSSR count). The molecule has 1 aliphatic carbocycles. The van der Waals surface area contributed by atoms with Crippen LogP contribution >= 0.6 is 11.3 Å². The van der Waals surface area contributed by atoms with Gasteiger partial charge in [-0.05, 0) is 26.7 Å². The van der Waals surface area contributed by atoms with Crippen molar-refractivity contribution in [3.8, 4) is 0 Å². The Labute approximate surface area is 126 Å². The summed E-state index contributed by atoms with van der Waals surface area (Å²) in [5.74, 6) is 1.15. The number of aliphatic hydroxyl groups excluding tert-OH is 1. The maximum absolute atomic E-state index is 12.5. The first kappa shape index (κ1) is 14.6. The molecule has 0 atom stereocenters. The average Bonchev–Trinajstić information content (AvgIpc) is 3.08. The van der Waals surface area contributed by atoms with Gasteiger partial charge in [0.25, 0.3) is 10.0 Å². The molecule has 2 aromatic heterocycles. The molecule has 1 aliphatic rings. The number of hydrogen-bond donors (Lipinski definition) is 2. The number of nitrogens with zero attached hydrogens (tertiary/aromatic N) is 1. The van der Waals surface area contributed by atoms with Crippen LogP contribution in [0.3, 0.4) is 0 Å². The summed E-state index contributed by atoms with van der Waals surface area (Å²) in [6, 6.07) is 0. The van der Waals surface area contributed by atoms with E-state index in [9.17, 15) is 13.5 Å². The predicted molar refractivity (Wildman–Crippen MR) is 79.0 cm³/mol. The quantitative estimate of drug-likeness (QED) is 0.880. The van der Waals surface area contributed by atoms with Crippen LogP contribution in [0.4, 0.5) is 5.13 Å².